The van der Waals surface area contributed by atoms with Crippen LogP contribution >= 0.6 is 24.0 Å². The van der Waals surface area contributed by atoms with Gasteiger partial charge in [0.15, 0.2) is 5.96 Å². The maximum Gasteiger partial charge on any atom is 0.193 e. The molecule has 6 heteroatoms. The van der Waals surface area contributed by atoms with E-state index in [1.807, 2.05) is 18.7 Å². The SMILES string of the molecule is CCNC(=NCCCn1ccnc1)N(C)CC1CCC(C)CC1.I. The van der Waals surface area contributed by atoms with Crippen LogP contribution in [0.5, 0.6) is 0 Å². The summed E-state index contributed by atoms with van der Waals surface area (Å²) in [4.78, 5) is 11.2. The molecular formula is C18H34IN5. The number of aryl methyl sites for hydroxylation is 1. The van der Waals surface area contributed by atoms with E-state index in [0.717, 1.165) is 50.4 Å². The second-order valence-corrected chi connectivity index (χ2v) is 6.90. The van der Waals surface area contributed by atoms with Gasteiger partial charge < -0.3 is 14.8 Å². The number of hydrogen-bond acceptors (Lipinski definition) is 2. The van der Waals surface area contributed by atoms with Crippen molar-refractivity contribution in [2.45, 2.75) is 52.5 Å². The third-order valence-corrected chi connectivity index (χ3v) is 4.76. The van der Waals surface area contributed by atoms with E-state index in [-0.39, 0.29) is 24.0 Å². The largest absolute Gasteiger partial charge is 0.357 e. The zero-order valence-corrected chi connectivity index (χ0v) is 17.8. The first-order valence-electron chi connectivity index (χ1n) is 9.14. The number of hydrogen-bond donors (Lipinski definition) is 1. The molecule has 24 heavy (non-hydrogen) atoms. The van der Waals surface area contributed by atoms with Crippen LogP contribution in [-0.2, 0) is 6.54 Å². The molecule has 0 radical (unpaired) electrons. The molecule has 0 aromatic carbocycles. The predicted molar refractivity (Wildman–Crippen MR) is 112 cm³/mol. The normalized spacial score (nSPS) is 21.2. The molecule has 1 aromatic rings. The highest BCUT2D eigenvalue weighted by Gasteiger charge is 2.20. The summed E-state index contributed by atoms with van der Waals surface area (Å²) in [5.74, 6) is 2.80. The third kappa shape index (κ3) is 7.40. The van der Waals surface area contributed by atoms with Crippen molar-refractivity contribution >= 4 is 29.9 Å². The Hall–Kier alpha value is -0.790. The maximum atomic E-state index is 4.79. The van der Waals surface area contributed by atoms with Gasteiger partial charge in [0.1, 0.15) is 0 Å². The van der Waals surface area contributed by atoms with Gasteiger partial charge in [0.25, 0.3) is 0 Å². The number of rotatable bonds is 7. The number of aliphatic imine (C=N–C) groups is 1. The van der Waals surface area contributed by atoms with E-state index in [1.165, 1.54) is 25.7 Å². The number of imidazole rings is 1. The van der Waals surface area contributed by atoms with Gasteiger partial charge in [-0.05, 0) is 38.0 Å². The molecular weight excluding hydrogens is 413 g/mol. The van der Waals surface area contributed by atoms with Gasteiger partial charge in [-0.1, -0.05) is 19.8 Å². The number of guanidine groups is 1. The lowest BCUT2D eigenvalue weighted by molar-refractivity contribution is 0.250. The molecule has 138 valence electrons. The quantitative estimate of drug-likeness (QED) is 0.301. The summed E-state index contributed by atoms with van der Waals surface area (Å²) in [6.07, 6.45) is 12.2. The second kappa shape index (κ2) is 11.7. The molecule has 5 nitrogen and oxygen atoms in total. The highest BCUT2D eigenvalue weighted by Crippen LogP contribution is 2.28. The third-order valence-electron chi connectivity index (χ3n) is 4.76. The number of halogens is 1. The van der Waals surface area contributed by atoms with E-state index in [1.54, 1.807) is 0 Å². The van der Waals surface area contributed by atoms with Gasteiger partial charge in [-0.25, -0.2) is 4.98 Å². The molecule has 1 aromatic heterocycles. The van der Waals surface area contributed by atoms with Crippen LogP contribution in [0.4, 0.5) is 0 Å². The summed E-state index contributed by atoms with van der Waals surface area (Å²) >= 11 is 0. The molecule has 1 N–H and O–H groups in total. The van der Waals surface area contributed by atoms with Crippen LogP contribution in [0.1, 0.15) is 46.0 Å². The van der Waals surface area contributed by atoms with Crippen LogP contribution in [0, 0.1) is 11.8 Å². The molecule has 1 heterocycles. The minimum atomic E-state index is 0. The van der Waals surface area contributed by atoms with Crippen molar-refractivity contribution in [3.63, 3.8) is 0 Å². The Kier molecular flexibility index (Phi) is 10.4. The van der Waals surface area contributed by atoms with E-state index in [4.69, 9.17) is 4.99 Å². The zero-order valence-electron chi connectivity index (χ0n) is 15.4. The molecule has 1 aliphatic rings. The predicted octanol–water partition coefficient (Wildman–Crippen LogP) is 3.61. The van der Waals surface area contributed by atoms with E-state index < -0.39 is 0 Å². The molecule has 0 spiro atoms. The summed E-state index contributed by atoms with van der Waals surface area (Å²) in [5, 5.41) is 3.43. The summed E-state index contributed by atoms with van der Waals surface area (Å²) in [5.41, 5.74) is 0. The van der Waals surface area contributed by atoms with Crippen molar-refractivity contribution in [3.05, 3.63) is 18.7 Å². The smallest absolute Gasteiger partial charge is 0.193 e. The highest BCUT2D eigenvalue weighted by atomic mass is 127. The minimum Gasteiger partial charge on any atom is -0.357 e. The molecule has 0 saturated heterocycles. The first-order valence-corrected chi connectivity index (χ1v) is 9.14. The van der Waals surface area contributed by atoms with Gasteiger partial charge >= 0.3 is 0 Å². The lowest BCUT2D eigenvalue weighted by atomic mass is 9.83. The molecule has 1 fully saturated rings. The lowest BCUT2D eigenvalue weighted by Crippen LogP contribution is -2.42. The zero-order chi connectivity index (χ0) is 16.5. The summed E-state index contributed by atoms with van der Waals surface area (Å²) in [6.45, 7) is 8.40. The molecule has 2 rings (SSSR count). The topological polar surface area (TPSA) is 45.5 Å². The van der Waals surface area contributed by atoms with Crippen molar-refractivity contribution in [1.29, 1.82) is 0 Å². The van der Waals surface area contributed by atoms with Crippen LogP contribution < -0.4 is 5.32 Å². The highest BCUT2D eigenvalue weighted by molar-refractivity contribution is 14.0. The Morgan fingerprint density at radius 3 is 2.71 bits per heavy atom. The van der Waals surface area contributed by atoms with Crippen molar-refractivity contribution in [1.82, 2.24) is 19.8 Å². The average molecular weight is 447 g/mol. The fourth-order valence-corrected chi connectivity index (χ4v) is 3.31. The first kappa shape index (κ1) is 21.3. The molecule has 1 saturated carbocycles. The van der Waals surface area contributed by atoms with Crippen molar-refractivity contribution in [2.24, 2.45) is 16.8 Å². The van der Waals surface area contributed by atoms with Gasteiger partial charge in [0, 0.05) is 45.6 Å². The minimum absolute atomic E-state index is 0. The Bertz CT molecular complexity index is 452. The Morgan fingerprint density at radius 1 is 1.33 bits per heavy atom. The molecule has 0 aliphatic heterocycles. The van der Waals surface area contributed by atoms with Crippen LogP contribution in [0.3, 0.4) is 0 Å². The Balaban J connectivity index is 0.00000288. The first-order chi connectivity index (χ1) is 11.2. The van der Waals surface area contributed by atoms with Gasteiger partial charge in [-0.15, -0.1) is 24.0 Å². The average Bonchev–Trinajstić information content (AvgIpc) is 3.06. The van der Waals surface area contributed by atoms with Gasteiger partial charge in [0.05, 0.1) is 6.33 Å². The molecule has 0 atom stereocenters. The van der Waals surface area contributed by atoms with E-state index in [9.17, 15) is 0 Å². The van der Waals surface area contributed by atoms with Crippen molar-refractivity contribution < 1.29 is 0 Å². The number of nitrogens with zero attached hydrogens (tertiary/aromatic N) is 4. The maximum absolute atomic E-state index is 4.79. The van der Waals surface area contributed by atoms with Gasteiger partial charge in [0.2, 0.25) is 0 Å². The van der Waals surface area contributed by atoms with Crippen LogP contribution in [0.15, 0.2) is 23.7 Å². The fourth-order valence-electron chi connectivity index (χ4n) is 3.31. The van der Waals surface area contributed by atoms with Crippen molar-refractivity contribution in [3.8, 4) is 0 Å². The van der Waals surface area contributed by atoms with E-state index in [2.05, 4.69) is 40.7 Å². The number of nitrogens with one attached hydrogen (secondary N) is 1. The van der Waals surface area contributed by atoms with Gasteiger partial charge in [-0.3, -0.25) is 4.99 Å². The standard InChI is InChI=1S/C18H33N5.HI/c1-4-20-18(21-10-5-12-23-13-11-19-15-23)22(3)14-17-8-6-16(2)7-9-17;/h11,13,15-17H,4-10,12,14H2,1-3H3,(H,20,21);1H. The fraction of sp³-hybridized carbons (Fsp3) is 0.778. The lowest BCUT2D eigenvalue weighted by Gasteiger charge is -2.31. The summed E-state index contributed by atoms with van der Waals surface area (Å²) < 4.78 is 2.11. The Labute approximate surface area is 164 Å². The van der Waals surface area contributed by atoms with Crippen LogP contribution in [0.2, 0.25) is 0 Å². The Morgan fingerprint density at radius 2 is 2.08 bits per heavy atom. The molecule has 0 unspecified atom stereocenters. The molecule has 0 amide bonds. The second-order valence-electron chi connectivity index (χ2n) is 6.90. The van der Waals surface area contributed by atoms with E-state index >= 15 is 0 Å². The summed E-state index contributed by atoms with van der Waals surface area (Å²) in [6, 6.07) is 0. The number of aromatic nitrogens is 2. The molecule has 0 bridgehead atoms. The monoisotopic (exact) mass is 447 g/mol. The van der Waals surface area contributed by atoms with E-state index in [0.29, 0.717) is 0 Å². The van der Waals surface area contributed by atoms with Crippen LogP contribution in [-0.4, -0.2) is 47.1 Å². The van der Waals surface area contributed by atoms with Gasteiger partial charge in [-0.2, -0.15) is 0 Å². The molecule has 1 aliphatic carbocycles. The summed E-state index contributed by atoms with van der Waals surface area (Å²) in [7, 11) is 2.18. The van der Waals surface area contributed by atoms with Crippen LogP contribution in [0.25, 0.3) is 0 Å². The van der Waals surface area contributed by atoms with Crippen molar-refractivity contribution in [2.75, 3.05) is 26.7 Å².